The summed E-state index contributed by atoms with van der Waals surface area (Å²) in [7, 11) is 7.05. The molecule has 2 aliphatic rings. The molecule has 0 spiro atoms. The van der Waals surface area contributed by atoms with Crippen LogP contribution in [0.5, 0.6) is 17.2 Å². The van der Waals surface area contributed by atoms with Gasteiger partial charge in [0.15, 0.2) is 11.5 Å². The molecule has 2 fully saturated rings. The van der Waals surface area contributed by atoms with Crippen molar-refractivity contribution < 1.29 is 23.9 Å². The number of carbonyl (C=O) groups excluding carboxylic acids is 1. The highest BCUT2D eigenvalue weighted by Crippen LogP contribution is 2.39. The minimum Gasteiger partial charge on any atom is -0.493 e. The minimum atomic E-state index is 0.0316. The van der Waals surface area contributed by atoms with E-state index in [0.29, 0.717) is 41.4 Å². The van der Waals surface area contributed by atoms with Crippen LogP contribution in [0.15, 0.2) is 42.5 Å². The highest BCUT2D eigenvalue weighted by atomic mass is 16.5. The molecule has 2 heterocycles. The summed E-state index contributed by atoms with van der Waals surface area (Å²) in [5, 5.41) is 0. The van der Waals surface area contributed by atoms with Crippen molar-refractivity contribution in [2.75, 3.05) is 34.9 Å². The van der Waals surface area contributed by atoms with Crippen LogP contribution in [0.1, 0.15) is 41.6 Å². The van der Waals surface area contributed by atoms with Crippen molar-refractivity contribution in [1.29, 1.82) is 0 Å². The third kappa shape index (κ3) is 4.42. The van der Waals surface area contributed by atoms with Crippen LogP contribution < -0.4 is 19.1 Å². The number of hydrogen-bond acceptors (Lipinski definition) is 4. The summed E-state index contributed by atoms with van der Waals surface area (Å²) in [6, 6.07) is 15.5. The molecule has 2 atom stereocenters. The molecule has 172 valence electrons. The van der Waals surface area contributed by atoms with Gasteiger partial charge >= 0.3 is 0 Å². The van der Waals surface area contributed by atoms with Crippen LogP contribution in [0.25, 0.3) is 0 Å². The van der Waals surface area contributed by atoms with Crippen molar-refractivity contribution in [2.45, 2.75) is 50.2 Å². The summed E-state index contributed by atoms with van der Waals surface area (Å²) in [5.74, 6) is 1.55. The first-order valence-corrected chi connectivity index (χ1v) is 11.5. The molecule has 6 nitrogen and oxygen atoms in total. The summed E-state index contributed by atoms with van der Waals surface area (Å²) in [5.41, 5.74) is 1.82. The summed E-state index contributed by atoms with van der Waals surface area (Å²) in [4.78, 5) is 17.6. The van der Waals surface area contributed by atoms with Gasteiger partial charge in [0.25, 0.3) is 5.91 Å². The molecule has 4 rings (SSSR count). The summed E-state index contributed by atoms with van der Waals surface area (Å²) < 4.78 is 16.5. The van der Waals surface area contributed by atoms with Crippen molar-refractivity contribution in [2.24, 2.45) is 0 Å². The molecule has 6 heteroatoms. The van der Waals surface area contributed by atoms with E-state index in [2.05, 4.69) is 36.2 Å². The van der Waals surface area contributed by atoms with Crippen LogP contribution in [0.2, 0.25) is 0 Å². The number of nitrogens with zero attached hydrogens (tertiary/aromatic N) is 1. The maximum atomic E-state index is 13.9. The molecule has 2 saturated heterocycles. The zero-order chi connectivity index (χ0) is 22.7. The molecular weight excluding hydrogens is 404 g/mol. The number of rotatable bonds is 8. The maximum Gasteiger partial charge on any atom is 0.254 e. The van der Waals surface area contributed by atoms with E-state index in [1.54, 1.807) is 38.4 Å². The van der Waals surface area contributed by atoms with E-state index < -0.39 is 0 Å². The van der Waals surface area contributed by atoms with Gasteiger partial charge in [0.2, 0.25) is 5.75 Å². The van der Waals surface area contributed by atoms with Crippen LogP contribution in [-0.4, -0.2) is 63.9 Å². The Kier molecular flexibility index (Phi) is 6.89. The van der Waals surface area contributed by atoms with Gasteiger partial charge in [-0.1, -0.05) is 30.3 Å². The van der Waals surface area contributed by atoms with Crippen molar-refractivity contribution in [1.82, 2.24) is 4.90 Å². The molecule has 2 unspecified atom stereocenters. The van der Waals surface area contributed by atoms with E-state index in [4.69, 9.17) is 14.2 Å². The Morgan fingerprint density at radius 1 is 0.969 bits per heavy atom. The second kappa shape index (κ2) is 9.82. The van der Waals surface area contributed by atoms with Crippen LogP contribution in [-0.2, 0) is 6.42 Å². The SMILES string of the molecule is COc1cc(C(=O)N(CCc2ccccc2)C2CC3CCC(C2)[NH+]3C)cc(OC)c1OC. The van der Waals surface area contributed by atoms with E-state index >= 15 is 0 Å². The fourth-order valence-corrected chi connectivity index (χ4v) is 5.52. The van der Waals surface area contributed by atoms with Gasteiger partial charge in [-0.3, -0.25) is 4.79 Å². The standard InChI is InChI=1S/C26H34N2O4/c1-27-20-10-11-21(27)17-22(16-20)28(13-12-18-8-6-5-7-9-18)26(29)19-14-23(30-2)25(32-4)24(15-19)31-3/h5-9,14-15,20-22H,10-13,16-17H2,1-4H3/p+1. The lowest BCUT2D eigenvalue weighted by molar-refractivity contribution is -0.922. The molecule has 1 N–H and O–H groups in total. The van der Waals surface area contributed by atoms with Crippen molar-refractivity contribution in [3.63, 3.8) is 0 Å². The number of piperidine rings is 1. The number of hydrogen-bond donors (Lipinski definition) is 1. The summed E-state index contributed by atoms with van der Waals surface area (Å²) >= 11 is 0. The van der Waals surface area contributed by atoms with Crippen LogP contribution >= 0.6 is 0 Å². The molecule has 2 aliphatic heterocycles. The van der Waals surface area contributed by atoms with Crippen LogP contribution in [0.4, 0.5) is 0 Å². The van der Waals surface area contributed by atoms with Gasteiger partial charge in [0, 0.05) is 43.8 Å². The van der Waals surface area contributed by atoms with Gasteiger partial charge in [0.1, 0.15) is 0 Å². The Balaban J connectivity index is 1.64. The predicted molar refractivity (Wildman–Crippen MR) is 124 cm³/mol. The lowest BCUT2D eigenvalue weighted by atomic mass is 9.95. The Morgan fingerprint density at radius 3 is 2.09 bits per heavy atom. The Hall–Kier alpha value is -2.73. The first kappa shape index (κ1) is 22.5. The van der Waals surface area contributed by atoms with Gasteiger partial charge in [-0.25, -0.2) is 0 Å². The third-order valence-corrected chi connectivity index (χ3v) is 7.36. The van der Waals surface area contributed by atoms with Gasteiger partial charge in [-0.05, 0) is 24.1 Å². The molecule has 2 aromatic carbocycles. The fraction of sp³-hybridized carbons (Fsp3) is 0.500. The van der Waals surface area contributed by atoms with Gasteiger partial charge in [-0.15, -0.1) is 0 Å². The number of benzene rings is 2. The van der Waals surface area contributed by atoms with E-state index in [-0.39, 0.29) is 11.9 Å². The quantitative estimate of drug-likeness (QED) is 0.687. The van der Waals surface area contributed by atoms with E-state index in [9.17, 15) is 4.79 Å². The smallest absolute Gasteiger partial charge is 0.254 e. The number of carbonyl (C=O) groups is 1. The number of quaternary nitrogens is 1. The molecule has 2 bridgehead atoms. The highest BCUT2D eigenvalue weighted by Gasteiger charge is 2.45. The van der Waals surface area contributed by atoms with Crippen LogP contribution in [0.3, 0.4) is 0 Å². The third-order valence-electron chi connectivity index (χ3n) is 7.36. The molecule has 0 aliphatic carbocycles. The van der Waals surface area contributed by atoms with Gasteiger partial charge in [0.05, 0.1) is 40.5 Å². The van der Waals surface area contributed by atoms with Crippen molar-refractivity contribution in [3.8, 4) is 17.2 Å². The molecule has 0 aromatic heterocycles. The van der Waals surface area contributed by atoms with Crippen molar-refractivity contribution in [3.05, 3.63) is 53.6 Å². The zero-order valence-corrected chi connectivity index (χ0v) is 19.6. The molecule has 0 saturated carbocycles. The Morgan fingerprint density at radius 2 is 1.56 bits per heavy atom. The minimum absolute atomic E-state index is 0.0316. The van der Waals surface area contributed by atoms with Gasteiger partial charge in [-0.2, -0.15) is 0 Å². The van der Waals surface area contributed by atoms with Gasteiger partial charge < -0.3 is 24.0 Å². The molecule has 1 amide bonds. The predicted octanol–water partition coefficient (Wildman–Crippen LogP) is 2.61. The Labute approximate surface area is 191 Å². The second-order valence-corrected chi connectivity index (χ2v) is 8.99. The number of fused-ring (bicyclic) bond motifs is 2. The van der Waals surface area contributed by atoms with Crippen LogP contribution in [0, 0.1) is 0 Å². The fourth-order valence-electron chi connectivity index (χ4n) is 5.52. The lowest BCUT2D eigenvalue weighted by Crippen LogP contribution is -3.15. The summed E-state index contributed by atoms with van der Waals surface area (Å²) in [6.45, 7) is 0.697. The average molecular weight is 440 g/mol. The Bertz CT molecular complexity index is 894. The maximum absolute atomic E-state index is 13.9. The molecule has 32 heavy (non-hydrogen) atoms. The first-order valence-electron chi connectivity index (χ1n) is 11.5. The van der Waals surface area contributed by atoms with E-state index in [0.717, 1.165) is 19.3 Å². The number of nitrogens with one attached hydrogen (secondary N) is 1. The average Bonchev–Trinajstić information content (AvgIpc) is 3.03. The molecule has 0 radical (unpaired) electrons. The van der Waals surface area contributed by atoms with Crippen molar-refractivity contribution >= 4 is 5.91 Å². The number of ether oxygens (including phenoxy) is 3. The molecule has 2 aromatic rings. The normalized spacial score (nSPS) is 24.1. The number of amides is 1. The first-order chi connectivity index (χ1) is 15.5. The topological polar surface area (TPSA) is 52.4 Å². The largest absolute Gasteiger partial charge is 0.493 e. The monoisotopic (exact) mass is 439 g/mol. The highest BCUT2D eigenvalue weighted by molar-refractivity contribution is 5.96. The lowest BCUT2D eigenvalue weighted by Gasteiger charge is -2.40. The second-order valence-electron chi connectivity index (χ2n) is 8.99. The zero-order valence-electron chi connectivity index (χ0n) is 19.6. The molecular formula is C26H35N2O4+. The van der Waals surface area contributed by atoms with E-state index in [1.807, 2.05) is 6.07 Å². The number of methoxy groups -OCH3 is 3. The van der Waals surface area contributed by atoms with E-state index in [1.165, 1.54) is 18.4 Å². The summed E-state index contributed by atoms with van der Waals surface area (Å²) in [6.07, 6.45) is 5.49.